The zero-order valence-electron chi connectivity index (χ0n) is 24.6. The second-order valence-electron chi connectivity index (χ2n) is 10.8. The zero-order chi connectivity index (χ0) is 30.3. The van der Waals surface area contributed by atoms with Gasteiger partial charge < -0.3 is 19.7 Å². The first-order chi connectivity index (χ1) is 20.0. The molecule has 4 rings (SSSR count). The van der Waals surface area contributed by atoms with Gasteiger partial charge in [0.25, 0.3) is 0 Å². The van der Waals surface area contributed by atoms with E-state index in [1.807, 2.05) is 75.4 Å². The number of fused-ring (bicyclic) bond motifs is 1. The molecular formula is C32H39N3O6S. The van der Waals surface area contributed by atoms with E-state index in [0.29, 0.717) is 23.6 Å². The topological polar surface area (TPSA) is 105 Å². The molecule has 1 unspecified atom stereocenters. The summed E-state index contributed by atoms with van der Waals surface area (Å²) in [5.74, 6) is 0.575. The minimum Gasteiger partial charge on any atom is -0.454 e. The second-order valence-corrected chi connectivity index (χ2v) is 12.7. The molecule has 0 bridgehead atoms. The van der Waals surface area contributed by atoms with Crippen LogP contribution in [-0.2, 0) is 32.6 Å². The fourth-order valence-electron chi connectivity index (χ4n) is 4.95. The Labute approximate surface area is 248 Å². The van der Waals surface area contributed by atoms with Gasteiger partial charge in [-0.3, -0.25) is 13.9 Å². The van der Waals surface area contributed by atoms with Gasteiger partial charge in [-0.25, -0.2) is 8.42 Å². The van der Waals surface area contributed by atoms with Crippen LogP contribution in [0.2, 0.25) is 0 Å². The van der Waals surface area contributed by atoms with E-state index < -0.39 is 16.1 Å². The monoisotopic (exact) mass is 593 g/mol. The molecule has 42 heavy (non-hydrogen) atoms. The van der Waals surface area contributed by atoms with Gasteiger partial charge in [-0.1, -0.05) is 54.6 Å². The molecule has 0 aromatic heterocycles. The lowest BCUT2D eigenvalue weighted by atomic mass is 10.0. The summed E-state index contributed by atoms with van der Waals surface area (Å²) in [4.78, 5) is 29.1. The first kappa shape index (κ1) is 30.9. The van der Waals surface area contributed by atoms with E-state index in [4.69, 9.17) is 9.47 Å². The van der Waals surface area contributed by atoms with Gasteiger partial charge in [0.05, 0.1) is 11.9 Å². The van der Waals surface area contributed by atoms with Crippen LogP contribution >= 0.6 is 0 Å². The summed E-state index contributed by atoms with van der Waals surface area (Å²) in [6.07, 6.45) is 1.80. The predicted octanol–water partition coefficient (Wildman–Crippen LogP) is 4.43. The lowest BCUT2D eigenvalue weighted by Gasteiger charge is -2.33. The van der Waals surface area contributed by atoms with Crippen molar-refractivity contribution in [1.29, 1.82) is 0 Å². The summed E-state index contributed by atoms with van der Waals surface area (Å²) in [7, 11) is -3.64. The third kappa shape index (κ3) is 8.03. The molecule has 0 spiro atoms. The number of rotatable bonds is 13. The Morgan fingerprint density at radius 3 is 2.33 bits per heavy atom. The molecule has 0 fully saturated rings. The Morgan fingerprint density at radius 1 is 0.952 bits per heavy atom. The van der Waals surface area contributed by atoms with E-state index in [0.717, 1.165) is 22.9 Å². The third-order valence-electron chi connectivity index (χ3n) is 7.10. The van der Waals surface area contributed by atoms with E-state index in [9.17, 15) is 18.0 Å². The second kappa shape index (κ2) is 13.7. The number of hydrogen-bond acceptors (Lipinski definition) is 6. The van der Waals surface area contributed by atoms with E-state index in [1.54, 1.807) is 23.1 Å². The molecule has 0 aliphatic carbocycles. The molecule has 2 amide bonds. The lowest BCUT2D eigenvalue weighted by molar-refractivity contribution is -0.141. The van der Waals surface area contributed by atoms with Gasteiger partial charge in [-0.2, -0.15) is 0 Å². The van der Waals surface area contributed by atoms with Crippen LogP contribution in [0.25, 0.3) is 0 Å². The highest BCUT2D eigenvalue weighted by Gasteiger charge is 2.31. The normalized spacial score (nSPS) is 13.1. The van der Waals surface area contributed by atoms with Crippen LogP contribution in [0.1, 0.15) is 43.4 Å². The smallest absolute Gasteiger partial charge is 0.243 e. The molecule has 1 aliphatic rings. The molecule has 224 valence electrons. The largest absolute Gasteiger partial charge is 0.454 e. The molecule has 3 aromatic rings. The van der Waals surface area contributed by atoms with E-state index in [2.05, 4.69) is 5.32 Å². The van der Waals surface area contributed by atoms with Crippen molar-refractivity contribution in [3.05, 3.63) is 89.5 Å². The van der Waals surface area contributed by atoms with Gasteiger partial charge in [0.1, 0.15) is 6.04 Å². The number of ether oxygens (including phenoxy) is 2. The highest BCUT2D eigenvalue weighted by atomic mass is 32.2. The van der Waals surface area contributed by atoms with Gasteiger partial charge in [-0.15, -0.1) is 0 Å². The molecular weight excluding hydrogens is 554 g/mol. The van der Waals surface area contributed by atoms with Crippen molar-refractivity contribution in [2.75, 3.05) is 23.9 Å². The molecule has 1 heterocycles. The summed E-state index contributed by atoms with van der Waals surface area (Å²) in [5, 5.41) is 2.99. The van der Waals surface area contributed by atoms with Gasteiger partial charge in [0, 0.05) is 38.0 Å². The standard InChI is InChI=1S/C32H39N3O6S/c1-23(2)33-32(37)28(19-25-12-6-5-7-13-25)34(21-26-14-9-8-11-24(26)3)31(36)15-10-18-35(42(4,38)39)27-16-17-29-30(20-27)41-22-40-29/h5-9,11-14,16-17,20,23,28H,10,15,18-19,21-22H2,1-4H3,(H,33,37). The Kier molecular flexibility index (Phi) is 10.1. The number of nitrogens with zero attached hydrogens (tertiary/aromatic N) is 2. The number of anilines is 1. The Balaban J connectivity index is 1.58. The van der Waals surface area contributed by atoms with E-state index in [-0.39, 0.29) is 50.6 Å². The number of carbonyl (C=O) groups excluding carboxylic acids is 2. The van der Waals surface area contributed by atoms with Crippen molar-refractivity contribution in [1.82, 2.24) is 10.2 Å². The number of nitrogens with one attached hydrogen (secondary N) is 1. The molecule has 0 saturated carbocycles. The average Bonchev–Trinajstić information content (AvgIpc) is 3.41. The maximum Gasteiger partial charge on any atom is 0.243 e. The molecule has 0 radical (unpaired) electrons. The number of sulfonamides is 1. The Morgan fingerprint density at radius 2 is 1.64 bits per heavy atom. The van der Waals surface area contributed by atoms with Crippen molar-refractivity contribution in [3.8, 4) is 11.5 Å². The van der Waals surface area contributed by atoms with Crippen molar-refractivity contribution in [2.45, 2.75) is 58.7 Å². The number of hydrogen-bond donors (Lipinski definition) is 1. The molecule has 3 aromatic carbocycles. The summed E-state index contributed by atoms with van der Waals surface area (Å²) in [6.45, 7) is 6.18. The lowest BCUT2D eigenvalue weighted by Crippen LogP contribution is -2.52. The van der Waals surface area contributed by atoms with E-state index >= 15 is 0 Å². The van der Waals surface area contributed by atoms with Crippen molar-refractivity contribution < 1.29 is 27.5 Å². The van der Waals surface area contributed by atoms with Crippen LogP contribution < -0.4 is 19.1 Å². The maximum absolute atomic E-state index is 13.9. The Bertz CT molecular complexity index is 1490. The third-order valence-corrected chi connectivity index (χ3v) is 8.29. The molecule has 1 aliphatic heterocycles. The van der Waals surface area contributed by atoms with Crippen LogP contribution in [0.4, 0.5) is 5.69 Å². The molecule has 0 saturated heterocycles. The number of benzene rings is 3. The summed E-state index contributed by atoms with van der Waals surface area (Å²) in [5.41, 5.74) is 3.34. The minimum atomic E-state index is -3.64. The highest BCUT2D eigenvalue weighted by Crippen LogP contribution is 2.36. The van der Waals surface area contributed by atoms with Crippen LogP contribution in [0, 0.1) is 6.92 Å². The molecule has 10 heteroatoms. The fourth-order valence-corrected chi connectivity index (χ4v) is 5.91. The number of amides is 2. The van der Waals surface area contributed by atoms with E-state index in [1.165, 1.54) is 4.31 Å². The Hall–Kier alpha value is -4.05. The van der Waals surface area contributed by atoms with Gasteiger partial charge in [0.15, 0.2) is 11.5 Å². The predicted molar refractivity (Wildman–Crippen MR) is 163 cm³/mol. The van der Waals surface area contributed by atoms with Crippen LogP contribution in [0.5, 0.6) is 11.5 Å². The quantitative estimate of drug-likeness (QED) is 0.314. The van der Waals surface area contributed by atoms with Gasteiger partial charge in [0.2, 0.25) is 28.6 Å². The first-order valence-electron chi connectivity index (χ1n) is 14.1. The summed E-state index contributed by atoms with van der Waals surface area (Å²) < 4.78 is 37.5. The van der Waals surface area contributed by atoms with Crippen molar-refractivity contribution in [3.63, 3.8) is 0 Å². The molecule has 1 atom stereocenters. The zero-order valence-corrected chi connectivity index (χ0v) is 25.4. The first-order valence-corrected chi connectivity index (χ1v) is 15.9. The summed E-state index contributed by atoms with van der Waals surface area (Å²) in [6, 6.07) is 21.5. The van der Waals surface area contributed by atoms with Crippen LogP contribution in [0.15, 0.2) is 72.8 Å². The number of carbonyl (C=O) groups is 2. The SMILES string of the molecule is Cc1ccccc1CN(C(=O)CCCN(c1ccc2c(c1)OCO2)S(C)(=O)=O)C(Cc1ccccc1)C(=O)NC(C)C. The maximum atomic E-state index is 13.9. The molecule has 9 nitrogen and oxygen atoms in total. The molecule has 1 N–H and O–H groups in total. The summed E-state index contributed by atoms with van der Waals surface area (Å²) >= 11 is 0. The van der Waals surface area contributed by atoms with Crippen LogP contribution in [0.3, 0.4) is 0 Å². The van der Waals surface area contributed by atoms with Gasteiger partial charge in [-0.05, 0) is 56.0 Å². The van der Waals surface area contributed by atoms with Crippen molar-refractivity contribution >= 4 is 27.5 Å². The number of aryl methyl sites for hydroxylation is 1. The highest BCUT2D eigenvalue weighted by molar-refractivity contribution is 7.92. The minimum absolute atomic E-state index is 0.0582. The van der Waals surface area contributed by atoms with Crippen LogP contribution in [-0.4, -0.2) is 56.8 Å². The van der Waals surface area contributed by atoms with Crippen molar-refractivity contribution in [2.24, 2.45) is 0 Å². The average molecular weight is 594 g/mol. The fraction of sp³-hybridized carbons (Fsp3) is 0.375. The van der Waals surface area contributed by atoms with Gasteiger partial charge >= 0.3 is 0 Å².